The minimum Gasteiger partial charge on any atom is -0.309 e. The van der Waals surface area contributed by atoms with Crippen molar-refractivity contribution < 1.29 is 4.92 Å². The average Bonchev–Trinajstić information content (AvgIpc) is 2.83. The molecule has 0 aliphatic carbocycles. The van der Waals surface area contributed by atoms with Crippen LogP contribution in [0.15, 0.2) is 24.3 Å². The fourth-order valence-corrected chi connectivity index (χ4v) is 3.63. The lowest BCUT2D eigenvalue weighted by Gasteiger charge is -2.25. The van der Waals surface area contributed by atoms with E-state index >= 15 is 0 Å². The standard InChI is InChI=1S/C14H20N2O2S/c1-11(15-10-14(2)7-4-8-19-14)12-5-3-6-13(9-12)16(17)18/h3,5-6,9,11,15H,4,7-8,10H2,1-2H3. The Balaban J connectivity index is 1.97. The van der Waals surface area contributed by atoms with Crippen LogP contribution < -0.4 is 5.32 Å². The first kappa shape index (κ1) is 14.3. The maximum Gasteiger partial charge on any atom is 0.269 e. The summed E-state index contributed by atoms with van der Waals surface area (Å²) in [6.07, 6.45) is 2.53. The van der Waals surface area contributed by atoms with Gasteiger partial charge >= 0.3 is 0 Å². The molecule has 0 aromatic heterocycles. The molecule has 2 rings (SSSR count). The summed E-state index contributed by atoms with van der Waals surface area (Å²) in [5, 5.41) is 14.3. The Morgan fingerprint density at radius 2 is 2.37 bits per heavy atom. The van der Waals surface area contributed by atoms with Gasteiger partial charge in [0.15, 0.2) is 0 Å². The number of rotatable bonds is 5. The van der Waals surface area contributed by atoms with Gasteiger partial charge in [0.1, 0.15) is 0 Å². The number of hydrogen-bond acceptors (Lipinski definition) is 4. The Bertz CT molecular complexity index is 459. The van der Waals surface area contributed by atoms with Crippen molar-refractivity contribution in [2.75, 3.05) is 12.3 Å². The molecule has 2 atom stereocenters. The normalized spacial score (nSPS) is 24.3. The largest absolute Gasteiger partial charge is 0.309 e. The van der Waals surface area contributed by atoms with Gasteiger partial charge in [-0.25, -0.2) is 0 Å². The first-order chi connectivity index (χ1) is 9.00. The molecule has 1 heterocycles. The van der Waals surface area contributed by atoms with Gasteiger partial charge in [0.2, 0.25) is 0 Å². The van der Waals surface area contributed by atoms with Crippen molar-refractivity contribution in [2.45, 2.75) is 37.5 Å². The van der Waals surface area contributed by atoms with E-state index in [4.69, 9.17) is 0 Å². The molecule has 1 N–H and O–H groups in total. The average molecular weight is 280 g/mol. The summed E-state index contributed by atoms with van der Waals surface area (Å²) in [5.74, 6) is 1.24. The van der Waals surface area contributed by atoms with Crippen molar-refractivity contribution in [1.82, 2.24) is 5.32 Å². The Hall–Kier alpha value is -1.07. The number of nitrogens with one attached hydrogen (secondary N) is 1. The lowest BCUT2D eigenvalue weighted by atomic mass is 10.0. The SMILES string of the molecule is CC(NCC1(C)CCCS1)c1cccc([N+](=O)[O-])c1. The first-order valence-electron chi connectivity index (χ1n) is 6.62. The van der Waals surface area contributed by atoms with E-state index in [1.807, 2.05) is 17.8 Å². The summed E-state index contributed by atoms with van der Waals surface area (Å²) in [5.41, 5.74) is 1.13. The summed E-state index contributed by atoms with van der Waals surface area (Å²) in [6, 6.07) is 7.01. The molecule has 104 valence electrons. The van der Waals surface area contributed by atoms with E-state index in [0.717, 1.165) is 12.1 Å². The zero-order chi connectivity index (χ0) is 13.9. The van der Waals surface area contributed by atoms with Crippen LogP contribution in [-0.2, 0) is 0 Å². The van der Waals surface area contributed by atoms with Gasteiger partial charge < -0.3 is 5.32 Å². The van der Waals surface area contributed by atoms with Crippen molar-refractivity contribution in [3.05, 3.63) is 39.9 Å². The summed E-state index contributed by atoms with van der Waals surface area (Å²) in [4.78, 5) is 10.4. The fourth-order valence-electron chi connectivity index (χ4n) is 2.37. The van der Waals surface area contributed by atoms with Crippen LogP contribution in [0.25, 0.3) is 0 Å². The summed E-state index contributed by atoms with van der Waals surface area (Å²) >= 11 is 2.02. The number of non-ortho nitro benzene ring substituents is 1. The van der Waals surface area contributed by atoms with E-state index in [9.17, 15) is 10.1 Å². The second-order valence-electron chi connectivity index (χ2n) is 5.36. The van der Waals surface area contributed by atoms with E-state index in [1.165, 1.54) is 24.7 Å². The van der Waals surface area contributed by atoms with Crippen LogP contribution in [0.1, 0.15) is 38.3 Å². The maximum atomic E-state index is 10.8. The molecule has 1 aromatic carbocycles. The molecule has 1 saturated heterocycles. The second kappa shape index (κ2) is 5.92. The molecule has 2 unspecified atom stereocenters. The predicted molar refractivity (Wildman–Crippen MR) is 79.6 cm³/mol. The molecular formula is C14H20N2O2S. The summed E-state index contributed by atoms with van der Waals surface area (Å²) in [7, 11) is 0. The third-order valence-electron chi connectivity index (χ3n) is 3.66. The zero-order valence-corrected chi connectivity index (χ0v) is 12.2. The van der Waals surface area contributed by atoms with Crippen LogP contribution in [0.3, 0.4) is 0 Å². The van der Waals surface area contributed by atoms with Gasteiger partial charge in [0.05, 0.1) is 4.92 Å². The Kier molecular flexibility index (Phi) is 4.47. The first-order valence-corrected chi connectivity index (χ1v) is 7.60. The van der Waals surface area contributed by atoms with Gasteiger partial charge in [0, 0.05) is 29.5 Å². The third kappa shape index (κ3) is 3.70. The highest BCUT2D eigenvalue weighted by Gasteiger charge is 2.29. The van der Waals surface area contributed by atoms with Crippen molar-refractivity contribution in [3.8, 4) is 0 Å². The Labute approximate surface area is 118 Å². The van der Waals surface area contributed by atoms with Crippen molar-refractivity contribution >= 4 is 17.4 Å². The smallest absolute Gasteiger partial charge is 0.269 e. The Morgan fingerprint density at radius 3 is 3.00 bits per heavy atom. The monoisotopic (exact) mass is 280 g/mol. The third-order valence-corrected chi connectivity index (χ3v) is 5.20. The molecule has 0 radical (unpaired) electrons. The van der Waals surface area contributed by atoms with Crippen LogP contribution in [0, 0.1) is 10.1 Å². The number of nitro benzene ring substituents is 1. The number of nitro groups is 1. The molecule has 4 nitrogen and oxygen atoms in total. The van der Waals surface area contributed by atoms with E-state index in [0.29, 0.717) is 4.75 Å². The predicted octanol–water partition coefficient (Wildman–Crippen LogP) is 3.53. The topological polar surface area (TPSA) is 55.2 Å². The molecule has 0 bridgehead atoms. The van der Waals surface area contributed by atoms with Crippen LogP contribution in [-0.4, -0.2) is 22.0 Å². The van der Waals surface area contributed by atoms with Crippen molar-refractivity contribution in [3.63, 3.8) is 0 Å². The molecule has 5 heteroatoms. The minimum atomic E-state index is -0.343. The second-order valence-corrected chi connectivity index (χ2v) is 7.04. The van der Waals surface area contributed by atoms with Crippen LogP contribution in [0.5, 0.6) is 0 Å². The molecular weight excluding hydrogens is 260 g/mol. The lowest BCUT2D eigenvalue weighted by Crippen LogP contribution is -2.34. The van der Waals surface area contributed by atoms with Gasteiger partial charge in [-0.3, -0.25) is 10.1 Å². The molecule has 0 spiro atoms. The highest BCUT2D eigenvalue weighted by Crippen LogP contribution is 2.37. The van der Waals surface area contributed by atoms with Crippen LogP contribution in [0.2, 0.25) is 0 Å². The van der Waals surface area contributed by atoms with E-state index in [-0.39, 0.29) is 16.7 Å². The quantitative estimate of drug-likeness (QED) is 0.662. The molecule has 0 amide bonds. The zero-order valence-electron chi connectivity index (χ0n) is 11.4. The van der Waals surface area contributed by atoms with Crippen molar-refractivity contribution in [2.24, 2.45) is 0 Å². The lowest BCUT2D eigenvalue weighted by molar-refractivity contribution is -0.384. The molecule has 19 heavy (non-hydrogen) atoms. The number of benzene rings is 1. The maximum absolute atomic E-state index is 10.8. The number of nitrogens with zero attached hydrogens (tertiary/aromatic N) is 1. The molecule has 1 aromatic rings. The molecule has 1 fully saturated rings. The van der Waals surface area contributed by atoms with Gasteiger partial charge in [-0.15, -0.1) is 0 Å². The fraction of sp³-hybridized carbons (Fsp3) is 0.571. The highest BCUT2D eigenvalue weighted by molar-refractivity contribution is 8.00. The van der Waals surface area contributed by atoms with Gasteiger partial charge in [0.25, 0.3) is 5.69 Å². The summed E-state index contributed by atoms with van der Waals surface area (Å²) < 4.78 is 0.314. The van der Waals surface area contributed by atoms with Gasteiger partial charge in [-0.1, -0.05) is 12.1 Å². The van der Waals surface area contributed by atoms with E-state index in [1.54, 1.807) is 12.1 Å². The van der Waals surface area contributed by atoms with Crippen LogP contribution >= 0.6 is 11.8 Å². The highest BCUT2D eigenvalue weighted by atomic mass is 32.2. The van der Waals surface area contributed by atoms with Gasteiger partial charge in [-0.2, -0.15) is 11.8 Å². The van der Waals surface area contributed by atoms with Crippen LogP contribution in [0.4, 0.5) is 5.69 Å². The number of thioether (sulfide) groups is 1. The van der Waals surface area contributed by atoms with Crippen molar-refractivity contribution in [1.29, 1.82) is 0 Å². The molecule has 1 aliphatic rings. The van der Waals surface area contributed by atoms with E-state index < -0.39 is 0 Å². The minimum absolute atomic E-state index is 0.137. The number of hydrogen-bond donors (Lipinski definition) is 1. The molecule has 0 saturated carbocycles. The van der Waals surface area contributed by atoms with E-state index in [2.05, 4.69) is 19.2 Å². The van der Waals surface area contributed by atoms with Gasteiger partial charge in [-0.05, 0) is 38.0 Å². The molecule has 1 aliphatic heterocycles. The summed E-state index contributed by atoms with van der Waals surface area (Å²) in [6.45, 7) is 5.29. The Morgan fingerprint density at radius 1 is 1.58 bits per heavy atom.